The highest BCUT2D eigenvalue weighted by atomic mass is 35.5. The third-order valence-electron chi connectivity index (χ3n) is 2.85. The molecule has 0 N–H and O–H groups in total. The number of alkyl halides is 1. The fraction of sp³-hybridized carbons (Fsp3) is 0.533. The van der Waals surface area contributed by atoms with E-state index in [1.165, 1.54) is 6.92 Å². The second kappa shape index (κ2) is 8.05. The van der Waals surface area contributed by atoms with Gasteiger partial charge in [0.15, 0.2) is 17.3 Å². The van der Waals surface area contributed by atoms with E-state index < -0.39 is 5.38 Å². The first-order valence-corrected chi connectivity index (χ1v) is 6.99. The number of rotatable bonds is 8. The largest absolute Gasteiger partial charge is 0.493 e. The van der Waals surface area contributed by atoms with Crippen LogP contribution >= 0.6 is 11.6 Å². The number of hydrogen-bond donors (Lipinski definition) is 0. The summed E-state index contributed by atoms with van der Waals surface area (Å²) in [7, 11) is 1.56. The average molecular weight is 285 g/mol. The molecule has 0 saturated heterocycles. The van der Waals surface area contributed by atoms with Crippen LogP contribution in [-0.4, -0.2) is 19.5 Å². The Morgan fingerprint density at radius 2 is 2.11 bits per heavy atom. The highest BCUT2D eigenvalue weighted by Crippen LogP contribution is 2.37. The van der Waals surface area contributed by atoms with E-state index >= 15 is 0 Å². The normalized spacial score (nSPS) is 12.0. The maximum atomic E-state index is 11.4. The first kappa shape index (κ1) is 15.8. The number of para-hydroxylation sites is 1. The minimum atomic E-state index is -0.700. The highest BCUT2D eigenvalue weighted by Gasteiger charge is 2.20. The summed E-state index contributed by atoms with van der Waals surface area (Å²) in [4.78, 5) is 11.4. The molecule has 1 rings (SSSR count). The van der Waals surface area contributed by atoms with Gasteiger partial charge in [-0.25, -0.2) is 0 Å². The second-order valence-electron chi connectivity index (χ2n) is 4.41. The molecule has 1 aromatic carbocycles. The van der Waals surface area contributed by atoms with Gasteiger partial charge in [-0.2, -0.15) is 0 Å². The summed E-state index contributed by atoms with van der Waals surface area (Å²) in [5.41, 5.74) is 0.657. The molecule has 0 fully saturated rings. The van der Waals surface area contributed by atoms with Crippen molar-refractivity contribution in [1.82, 2.24) is 0 Å². The molecule has 4 heteroatoms. The van der Waals surface area contributed by atoms with Gasteiger partial charge >= 0.3 is 0 Å². The fourth-order valence-electron chi connectivity index (χ4n) is 1.82. The monoisotopic (exact) mass is 284 g/mol. The third-order valence-corrected chi connectivity index (χ3v) is 3.39. The molecule has 0 aliphatic carbocycles. The molecule has 1 atom stereocenters. The van der Waals surface area contributed by atoms with Crippen LogP contribution in [0.25, 0.3) is 0 Å². The van der Waals surface area contributed by atoms with Gasteiger partial charge in [0.1, 0.15) is 5.38 Å². The van der Waals surface area contributed by atoms with Crippen molar-refractivity contribution in [3.05, 3.63) is 23.8 Å². The SMILES string of the molecule is CCCCCOc1cccc(C(Cl)C(C)=O)c1OC. The number of hydrogen-bond acceptors (Lipinski definition) is 3. The van der Waals surface area contributed by atoms with E-state index in [9.17, 15) is 4.79 Å². The minimum Gasteiger partial charge on any atom is -0.493 e. The summed E-state index contributed by atoms with van der Waals surface area (Å²) in [5, 5.41) is -0.700. The molecule has 3 nitrogen and oxygen atoms in total. The van der Waals surface area contributed by atoms with Crippen LogP contribution in [0.4, 0.5) is 0 Å². The van der Waals surface area contributed by atoms with E-state index in [4.69, 9.17) is 21.1 Å². The quantitative estimate of drug-likeness (QED) is 0.532. The maximum Gasteiger partial charge on any atom is 0.165 e. The number of ketones is 1. The Morgan fingerprint density at radius 1 is 1.37 bits per heavy atom. The van der Waals surface area contributed by atoms with Crippen LogP contribution in [0.5, 0.6) is 11.5 Å². The number of carbonyl (C=O) groups is 1. The minimum absolute atomic E-state index is 0.108. The molecule has 1 aromatic rings. The van der Waals surface area contributed by atoms with Crippen molar-refractivity contribution >= 4 is 17.4 Å². The molecule has 0 aromatic heterocycles. The van der Waals surface area contributed by atoms with Gasteiger partial charge in [0.05, 0.1) is 13.7 Å². The second-order valence-corrected chi connectivity index (χ2v) is 4.84. The molecule has 0 saturated carbocycles. The Bertz CT molecular complexity index is 418. The molecule has 0 heterocycles. The van der Waals surface area contributed by atoms with Gasteiger partial charge < -0.3 is 9.47 Å². The topological polar surface area (TPSA) is 35.5 Å². The number of methoxy groups -OCH3 is 1. The Kier molecular flexibility index (Phi) is 6.71. The van der Waals surface area contributed by atoms with E-state index in [0.29, 0.717) is 23.7 Å². The summed E-state index contributed by atoms with van der Waals surface area (Å²) < 4.78 is 11.0. The van der Waals surface area contributed by atoms with E-state index in [0.717, 1.165) is 19.3 Å². The first-order chi connectivity index (χ1) is 9.11. The zero-order chi connectivity index (χ0) is 14.3. The lowest BCUT2D eigenvalue weighted by atomic mass is 10.1. The number of ether oxygens (including phenoxy) is 2. The molecule has 1 unspecified atom stereocenters. The lowest BCUT2D eigenvalue weighted by molar-refractivity contribution is -0.116. The molecular formula is C15H21ClO3. The Morgan fingerprint density at radius 3 is 2.68 bits per heavy atom. The van der Waals surface area contributed by atoms with Crippen LogP contribution in [-0.2, 0) is 4.79 Å². The Balaban J connectivity index is 2.87. The molecule has 0 spiro atoms. The molecule has 106 valence electrons. The lowest BCUT2D eigenvalue weighted by Crippen LogP contribution is -2.06. The van der Waals surface area contributed by atoms with E-state index in [1.807, 2.05) is 12.1 Å². The first-order valence-electron chi connectivity index (χ1n) is 6.56. The van der Waals surface area contributed by atoms with Gasteiger partial charge in [-0.05, 0) is 19.4 Å². The maximum absolute atomic E-state index is 11.4. The summed E-state index contributed by atoms with van der Waals surface area (Å²) >= 11 is 6.10. The summed E-state index contributed by atoms with van der Waals surface area (Å²) in [5.74, 6) is 1.08. The molecule has 0 bridgehead atoms. The van der Waals surface area contributed by atoms with Gasteiger partial charge in [-0.3, -0.25) is 4.79 Å². The van der Waals surface area contributed by atoms with Crippen LogP contribution < -0.4 is 9.47 Å². The summed E-state index contributed by atoms with van der Waals surface area (Å²) in [6, 6.07) is 5.44. The van der Waals surface area contributed by atoms with Gasteiger partial charge in [0.25, 0.3) is 0 Å². The molecule has 0 aliphatic rings. The van der Waals surface area contributed by atoms with E-state index in [1.54, 1.807) is 13.2 Å². The van der Waals surface area contributed by atoms with Crippen molar-refractivity contribution in [1.29, 1.82) is 0 Å². The van der Waals surface area contributed by atoms with E-state index in [-0.39, 0.29) is 5.78 Å². The number of carbonyl (C=O) groups excluding carboxylic acids is 1. The van der Waals surface area contributed by atoms with Gasteiger partial charge in [-0.1, -0.05) is 31.9 Å². The van der Waals surface area contributed by atoms with Crippen LogP contribution in [0, 0.1) is 0 Å². The lowest BCUT2D eigenvalue weighted by Gasteiger charge is -2.16. The standard InChI is InChI=1S/C15H21ClO3/c1-4-5-6-10-19-13-9-7-8-12(15(13)18-3)14(16)11(2)17/h7-9,14H,4-6,10H2,1-3H3. The molecule has 0 amide bonds. The van der Waals surface area contributed by atoms with Gasteiger partial charge in [-0.15, -0.1) is 11.6 Å². The number of halogens is 1. The zero-order valence-electron chi connectivity index (χ0n) is 11.7. The molecule has 0 radical (unpaired) electrons. The fourth-order valence-corrected chi connectivity index (χ4v) is 1.99. The molecule has 0 aliphatic heterocycles. The predicted octanol–water partition coefficient (Wildman–Crippen LogP) is 4.13. The van der Waals surface area contributed by atoms with Crippen molar-refractivity contribution in [2.45, 2.75) is 38.5 Å². The molecular weight excluding hydrogens is 264 g/mol. The summed E-state index contributed by atoms with van der Waals surface area (Å²) in [6.07, 6.45) is 3.28. The summed E-state index contributed by atoms with van der Waals surface area (Å²) in [6.45, 7) is 4.25. The van der Waals surface area contributed by atoms with Crippen molar-refractivity contribution in [3.8, 4) is 11.5 Å². The van der Waals surface area contributed by atoms with Crippen LogP contribution in [0.3, 0.4) is 0 Å². The Hall–Kier alpha value is -1.22. The zero-order valence-corrected chi connectivity index (χ0v) is 12.5. The van der Waals surface area contributed by atoms with Crippen molar-refractivity contribution in [2.75, 3.05) is 13.7 Å². The van der Waals surface area contributed by atoms with E-state index in [2.05, 4.69) is 6.92 Å². The van der Waals surface area contributed by atoms with Crippen molar-refractivity contribution in [3.63, 3.8) is 0 Å². The van der Waals surface area contributed by atoms with Crippen molar-refractivity contribution in [2.24, 2.45) is 0 Å². The van der Waals surface area contributed by atoms with Crippen LogP contribution in [0.2, 0.25) is 0 Å². The van der Waals surface area contributed by atoms with Crippen LogP contribution in [0.1, 0.15) is 44.1 Å². The van der Waals surface area contributed by atoms with Gasteiger partial charge in [0.2, 0.25) is 0 Å². The van der Waals surface area contributed by atoms with Crippen LogP contribution in [0.15, 0.2) is 18.2 Å². The highest BCUT2D eigenvalue weighted by molar-refractivity contribution is 6.31. The van der Waals surface area contributed by atoms with Gasteiger partial charge in [0, 0.05) is 5.56 Å². The number of unbranched alkanes of at least 4 members (excludes halogenated alkanes) is 2. The Labute approximate surface area is 119 Å². The average Bonchev–Trinajstić information content (AvgIpc) is 2.42. The number of Topliss-reactive ketones (excluding diaryl/α,β-unsaturated/α-hetero) is 1. The van der Waals surface area contributed by atoms with Crippen molar-refractivity contribution < 1.29 is 14.3 Å². The molecule has 19 heavy (non-hydrogen) atoms. The smallest absolute Gasteiger partial charge is 0.165 e. The third kappa shape index (κ3) is 4.43. The number of benzene rings is 1. The predicted molar refractivity (Wildman–Crippen MR) is 77.3 cm³/mol.